The van der Waals surface area contributed by atoms with E-state index in [9.17, 15) is 20.0 Å². The van der Waals surface area contributed by atoms with Gasteiger partial charge < -0.3 is 15.7 Å². The fourth-order valence-electron chi connectivity index (χ4n) is 8.02. The summed E-state index contributed by atoms with van der Waals surface area (Å²) in [5, 5.41) is 29.4. The predicted octanol–water partition coefficient (Wildman–Crippen LogP) is 5.05. The van der Waals surface area contributed by atoms with Crippen LogP contribution in [0.25, 0.3) is 0 Å². The minimum atomic E-state index is -1.32. The Kier molecular flexibility index (Phi) is 6.92. The highest BCUT2D eigenvalue weighted by Gasteiger charge is 2.73. The first-order valence-corrected chi connectivity index (χ1v) is 15.0. The van der Waals surface area contributed by atoms with E-state index in [4.69, 9.17) is 11.6 Å². The number of carbonyl (C=O) groups is 2. The molecule has 4 N–H and O–H groups in total. The van der Waals surface area contributed by atoms with Crippen LogP contribution in [-0.4, -0.2) is 40.6 Å². The van der Waals surface area contributed by atoms with E-state index in [1.807, 2.05) is 0 Å². The molecule has 2 aliphatic heterocycles. The van der Waals surface area contributed by atoms with Crippen LogP contribution in [0.1, 0.15) is 87.8 Å². The van der Waals surface area contributed by atoms with Gasteiger partial charge in [0.2, 0.25) is 11.8 Å². The first-order chi connectivity index (χ1) is 19.5. The second-order valence-corrected chi connectivity index (χ2v) is 13.5. The van der Waals surface area contributed by atoms with Gasteiger partial charge in [0.05, 0.1) is 28.8 Å². The van der Waals surface area contributed by atoms with Crippen molar-refractivity contribution in [2.24, 2.45) is 5.41 Å². The number of nitrogens with one attached hydrogen (secondary N) is 3. The molecule has 2 aromatic rings. The number of hydrogen-bond acceptors (Lipinski definition) is 5. The summed E-state index contributed by atoms with van der Waals surface area (Å²) in [6, 6.07) is 11.0. The fourth-order valence-corrected chi connectivity index (χ4v) is 8.21. The molecule has 2 heterocycles. The van der Waals surface area contributed by atoms with Gasteiger partial charge in [-0.15, -0.1) is 0 Å². The van der Waals surface area contributed by atoms with E-state index in [0.29, 0.717) is 55.3 Å². The molecule has 2 aromatic carbocycles. The maximum absolute atomic E-state index is 16.0. The van der Waals surface area contributed by atoms with Crippen molar-refractivity contribution in [1.29, 1.82) is 5.26 Å². The largest absolute Gasteiger partial charge is 0.393 e. The van der Waals surface area contributed by atoms with E-state index in [1.54, 1.807) is 30.3 Å². The van der Waals surface area contributed by atoms with Gasteiger partial charge in [0.25, 0.3) is 0 Å². The van der Waals surface area contributed by atoms with Gasteiger partial charge in [0.15, 0.2) is 0 Å². The van der Waals surface area contributed by atoms with Crippen molar-refractivity contribution in [3.8, 4) is 6.07 Å². The molecule has 216 valence electrons. The summed E-state index contributed by atoms with van der Waals surface area (Å²) in [6.07, 6.45) is 5.03. The van der Waals surface area contributed by atoms with Gasteiger partial charge in [-0.2, -0.15) is 5.26 Å². The Morgan fingerprint density at radius 2 is 1.83 bits per heavy atom. The highest BCUT2D eigenvalue weighted by atomic mass is 35.5. The molecule has 0 radical (unpaired) electrons. The Bertz CT molecular complexity index is 1440. The third-order valence-corrected chi connectivity index (χ3v) is 10.6. The number of nitriles is 1. The number of nitrogens with zero attached hydrogens (tertiary/aromatic N) is 1. The highest BCUT2D eigenvalue weighted by Crippen LogP contribution is 2.64. The summed E-state index contributed by atoms with van der Waals surface area (Å²) in [5.74, 6) is -2.12. The quantitative estimate of drug-likeness (QED) is 0.407. The lowest BCUT2D eigenvalue weighted by atomic mass is 9.53. The number of carbonyl (C=O) groups excluding carboxylic acids is 2. The van der Waals surface area contributed by atoms with Crippen LogP contribution in [0.2, 0.25) is 5.02 Å². The number of anilines is 1. The first-order valence-electron chi connectivity index (χ1n) is 14.6. The molecule has 3 atom stereocenters. The standard InChI is InChI=1S/C32H36ClFN4O3/c1-30(2)12-14-31(15-13-30)32(22-11-6-18(17-35)16-24(22)37-29(32)41)25(21-4-3-5-23(33)26(21)34)27(38-31)28(40)36-19-7-9-20(39)10-8-19/h3-6,11,16,19-20,25,27,38-39H,7-10,12-15H2,1-2H3,(H,36,40)(H,37,41)/t19?,20?,25-,27+,32+/m0/s1. The molecule has 2 amide bonds. The first kappa shape index (κ1) is 28.1. The van der Waals surface area contributed by atoms with Crippen LogP contribution in [0.5, 0.6) is 0 Å². The van der Waals surface area contributed by atoms with Crippen molar-refractivity contribution in [3.05, 3.63) is 63.9 Å². The zero-order valence-corrected chi connectivity index (χ0v) is 24.2. The van der Waals surface area contributed by atoms with Crippen molar-refractivity contribution in [2.75, 3.05) is 5.32 Å². The SMILES string of the molecule is CC1(C)CCC2(CC1)N[C@@H](C(=O)NC1CCC(O)CC1)[C@H](c1cccc(Cl)c1F)[C@]21C(=O)Nc2cc(C#N)ccc21. The molecule has 0 unspecified atom stereocenters. The Morgan fingerprint density at radius 3 is 2.51 bits per heavy atom. The van der Waals surface area contributed by atoms with E-state index in [-0.39, 0.29) is 40.0 Å². The molecule has 2 spiro atoms. The predicted molar refractivity (Wildman–Crippen MR) is 154 cm³/mol. The zero-order chi connectivity index (χ0) is 29.2. The van der Waals surface area contributed by atoms with Gasteiger partial charge in [-0.05, 0) is 86.1 Å². The summed E-state index contributed by atoms with van der Waals surface area (Å²) in [5.41, 5.74) is -0.275. The molecule has 9 heteroatoms. The van der Waals surface area contributed by atoms with Gasteiger partial charge in [-0.25, -0.2) is 4.39 Å². The normalized spacial score (nSPS) is 31.5. The second-order valence-electron chi connectivity index (χ2n) is 13.1. The minimum Gasteiger partial charge on any atom is -0.393 e. The number of fused-ring (bicyclic) bond motifs is 3. The summed E-state index contributed by atoms with van der Waals surface area (Å²) >= 11 is 6.32. The van der Waals surface area contributed by atoms with E-state index < -0.39 is 28.7 Å². The molecule has 41 heavy (non-hydrogen) atoms. The van der Waals surface area contributed by atoms with E-state index in [0.717, 1.165) is 12.8 Å². The number of halogens is 2. The van der Waals surface area contributed by atoms with Gasteiger partial charge in [0, 0.05) is 23.2 Å². The van der Waals surface area contributed by atoms with Crippen LogP contribution < -0.4 is 16.0 Å². The monoisotopic (exact) mass is 578 g/mol. The topological polar surface area (TPSA) is 114 Å². The number of aliphatic hydroxyl groups excluding tert-OH is 1. The van der Waals surface area contributed by atoms with Crippen LogP contribution in [0.4, 0.5) is 10.1 Å². The van der Waals surface area contributed by atoms with Crippen molar-refractivity contribution in [1.82, 2.24) is 10.6 Å². The summed E-state index contributed by atoms with van der Waals surface area (Å²) in [6.45, 7) is 4.41. The van der Waals surface area contributed by atoms with E-state index >= 15 is 4.39 Å². The van der Waals surface area contributed by atoms with Gasteiger partial charge in [-0.1, -0.05) is 43.6 Å². The third-order valence-electron chi connectivity index (χ3n) is 10.3. The Labute approximate surface area is 244 Å². The number of benzene rings is 2. The van der Waals surface area contributed by atoms with E-state index in [2.05, 4.69) is 35.9 Å². The third kappa shape index (κ3) is 4.36. The summed E-state index contributed by atoms with van der Waals surface area (Å²) in [7, 11) is 0. The molecule has 1 saturated heterocycles. The van der Waals surface area contributed by atoms with Crippen LogP contribution in [0, 0.1) is 22.6 Å². The number of amides is 2. The summed E-state index contributed by atoms with van der Waals surface area (Å²) < 4.78 is 16.0. The van der Waals surface area contributed by atoms with Crippen LogP contribution in [-0.2, 0) is 15.0 Å². The average molecular weight is 579 g/mol. The average Bonchev–Trinajstić information content (AvgIpc) is 3.41. The maximum atomic E-state index is 16.0. The molecule has 4 aliphatic rings. The lowest BCUT2D eigenvalue weighted by Crippen LogP contribution is -2.61. The maximum Gasteiger partial charge on any atom is 0.238 e. The second kappa shape index (κ2) is 10.1. The van der Waals surface area contributed by atoms with Crippen molar-refractivity contribution >= 4 is 29.1 Å². The Morgan fingerprint density at radius 1 is 1.12 bits per heavy atom. The van der Waals surface area contributed by atoms with Crippen LogP contribution in [0.3, 0.4) is 0 Å². The molecule has 7 nitrogen and oxygen atoms in total. The van der Waals surface area contributed by atoms with Gasteiger partial charge in [0.1, 0.15) is 11.2 Å². The van der Waals surface area contributed by atoms with Crippen molar-refractivity contribution < 1.29 is 19.1 Å². The molecule has 2 saturated carbocycles. The van der Waals surface area contributed by atoms with Crippen molar-refractivity contribution in [3.63, 3.8) is 0 Å². The summed E-state index contributed by atoms with van der Waals surface area (Å²) in [4.78, 5) is 28.7. The van der Waals surface area contributed by atoms with Gasteiger partial charge >= 0.3 is 0 Å². The molecule has 0 aromatic heterocycles. The number of aliphatic hydroxyl groups is 1. The fraction of sp³-hybridized carbons (Fsp3) is 0.531. The molecule has 0 bridgehead atoms. The number of hydrogen-bond donors (Lipinski definition) is 4. The number of rotatable bonds is 3. The smallest absolute Gasteiger partial charge is 0.238 e. The van der Waals surface area contributed by atoms with Crippen LogP contribution >= 0.6 is 11.6 Å². The lowest BCUT2D eigenvalue weighted by molar-refractivity contribution is -0.125. The Hall–Kier alpha value is -2.99. The van der Waals surface area contributed by atoms with Crippen LogP contribution in [0.15, 0.2) is 36.4 Å². The van der Waals surface area contributed by atoms with Gasteiger partial charge in [-0.3, -0.25) is 14.9 Å². The Balaban J connectivity index is 1.55. The molecular formula is C32H36ClFN4O3. The highest BCUT2D eigenvalue weighted by molar-refractivity contribution is 6.30. The van der Waals surface area contributed by atoms with Crippen molar-refractivity contribution in [2.45, 2.75) is 100 Å². The molecule has 3 fully saturated rings. The molecule has 6 rings (SSSR count). The minimum absolute atomic E-state index is 0.0524. The van der Waals surface area contributed by atoms with E-state index in [1.165, 1.54) is 6.07 Å². The zero-order valence-electron chi connectivity index (χ0n) is 23.4. The lowest BCUT2D eigenvalue weighted by Gasteiger charge is -2.50. The molecule has 2 aliphatic carbocycles. The molecular weight excluding hydrogens is 543 g/mol.